The highest BCUT2D eigenvalue weighted by molar-refractivity contribution is 5.95. The maximum Gasteiger partial charge on any atom is 0.340 e. The lowest BCUT2D eigenvalue weighted by Crippen LogP contribution is -2.26. The molecular formula is C37H64O9. The second-order valence-corrected chi connectivity index (χ2v) is 11.8. The molecule has 0 aliphatic rings. The van der Waals surface area contributed by atoms with Gasteiger partial charge in [-0.05, 0) is 34.1 Å². The molecule has 0 aliphatic heterocycles. The first-order chi connectivity index (χ1) is 22.0. The number of carbonyl (C=O) groups excluding carboxylic acids is 4. The first kappa shape index (κ1) is 45.3. The van der Waals surface area contributed by atoms with Crippen LogP contribution in [0, 0.1) is 0 Å². The van der Waals surface area contributed by atoms with Gasteiger partial charge in [-0.15, -0.1) is 0 Å². The van der Waals surface area contributed by atoms with Crippen LogP contribution in [-0.4, -0.2) is 62.0 Å². The molecule has 0 aromatic carbocycles. The normalized spacial score (nSPS) is 12.5. The lowest BCUT2D eigenvalue weighted by molar-refractivity contribution is -0.157. The van der Waals surface area contributed by atoms with Crippen LogP contribution in [0.25, 0.3) is 0 Å². The average Bonchev–Trinajstić information content (AvgIpc) is 3.01. The number of esters is 4. The molecule has 0 radical (unpaired) electrons. The van der Waals surface area contributed by atoms with E-state index < -0.39 is 23.9 Å². The summed E-state index contributed by atoms with van der Waals surface area (Å²) in [4.78, 5) is 44.5. The van der Waals surface area contributed by atoms with E-state index in [4.69, 9.17) is 18.9 Å². The molecule has 0 saturated heterocycles. The maximum absolute atomic E-state index is 11.4. The van der Waals surface area contributed by atoms with Crippen molar-refractivity contribution in [3.63, 3.8) is 0 Å². The summed E-state index contributed by atoms with van der Waals surface area (Å²) in [5.74, 6) is -1.99. The average molecular weight is 653 g/mol. The molecule has 9 nitrogen and oxygen atoms in total. The Balaban J connectivity index is 0. The molecule has 0 rings (SSSR count). The van der Waals surface area contributed by atoms with Crippen LogP contribution < -0.4 is 0 Å². The van der Waals surface area contributed by atoms with Gasteiger partial charge < -0.3 is 23.7 Å². The number of rotatable bonds is 28. The molecule has 0 saturated carbocycles. The van der Waals surface area contributed by atoms with Crippen molar-refractivity contribution in [3.05, 3.63) is 37.5 Å². The standard InChI is InChI=1S/C22H40O3.C15H24O6/c1-4-5-6-7-8-9-10-11-12-13-14-15-16-17-18-19-21(23)25-22(24)20(2)3;1-6-14(16)20-12(4)9-18-8-11(3)19-10-13(5)21-15(17)7-2/h2,4-19H2,1,3H3;6-7,11-13H,1-2,8-10H2,3-5H3. The minimum Gasteiger partial charge on any atom is -0.457 e. The van der Waals surface area contributed by atoms with Gasteiger partial charge in [0, 0.05) is 24.1 Å². The van der Waals surface area contributed by atoms with E-state index >= 15 is 0 Å². The number of hydrogen-bond acceptors (Lipinski definition) is 9. The predicted octanol–water partition coefficient (Wildman–Crippen LogP) is 8.54. The number of ether oxygens (including phenoxy) is 5. The third-order valence-electron chi connectivity index (χ3n) is 6.83. The van der Waals surface area contributed by atoms with Crippen molar-refractivity contribution in [1.82, 2.24) is 0 Å². The molecule has 0 spiro atoms. The van der Waals surface area contributed by atoms with Crippen molar-refractivity contribution in [2.45, 2.75) is 156 Å². The summed E-state index contributed by atoms with van der Waals surface area (Å²) in [6.45, 7) is 20.1. The van der Waals surface area contributed by atoms with Crippen molar-refractivity contribution in [2.75, 3.05) is 19.8 Å². The highest BCUT2D eigenvalue weighted by Crippen LogP contribution is 2.14. The number of unbranched alkanes of at least 4 members (excludes halogenated alkanes) is 14. The Bertz CT molecular complexity index is 852. The van der Waals surface area contributed by atoms with Crippen LogP contribution in [0.4, 0.5) is 0 Å². The van der Waals surface area contributed by atoms with Gasteiger partial charge in [0.05, 0.1) is 25.9 Å². The van der Waals surface area contributed by atoms with Crippen molar-refractivity contribution in [1.29, 1.82) is 0 Å². The monoisotopic (exact) mass is 652 g/mol. The van der Waals surface area contributed by atoms with E-state index in [1.165, 1.54) is 83.5 Å². The number of hydrogen-bond donors (Lipinski definition) is 0. The predicted molar refractivity (Wildman–Crippen MR) is 183 cm³/mol. The van der Waals surface area contributed by atoms with E-state index in [1.807, 2.05) is 6.92 Å². The summed E-state index contributed by atoms with van der Waals surface area (Å²) in [6.07, 6.45) is 21.1. The van der Waals surface area contributed by atoms with Crippen LogP contribution in [-0.2, 0) is 42.9 Å². The molecule has 0 bridgehead atoms. The third kappa shape index (κ3) is 32.6. The van der Waals surface area contributed by atoms with Crippen LogP contribution in [0.15, 0.2) is 37.5 Å². The van der Waals surface area contributed by atoms with Gasteiger partial charge >= 0.3 is 23.9 Å². The van der Waals surface area contributed by atoms with Crippen molar-refractivity contribution in [2.24, 2.45) is 0 Å². The SMILES string of the molecule is C=C(C)C(=O)OC(=O)CCCCCCCCCCCCCCCCC.C=CC(=O)OC(C)COCC(C)OCC(C)OC(=O)C=C. The molecular weight excluding hydrogens is 588 g/mol. The lowest BCUT2D eigenvalue weighted by Gasteiger charge is -2.18. The maximum atomic E-state index is 11.4. The second-order valence-electron chi connectivity index (χ2n) is 11.8. The van der Waals surface area contributed by atoms with Crippen LogP contribution in [0.2, 0.25) is 0 Å². The summed E-state index contributed by atoms with van der Waals surface area (Å²) in [7, 11) is 0. The quantitative estimate of drug-likeness (QED) is 0.0270. The molecule has 0 aromatic rings. The zero-order valence-corrected chi connectivity index (χ0v) is 29.6. The van der Waals surface area contributed by atoms with Crippen LogP contribution in [0.3, 0.4) is 0 Å². The van der Waals surface area contributed by atoms with E-state index in [0.29, 0.717) is 13.0 Å². The van der Waals surface area contributed by atoms with E-state index in [9.17, 15) is 19.2 Å². The number of carbonyl (C=O) groups is 4. The van der Waals surface area contributed by atoms with E-state index in [-0.39, 0.29) is 37.1 Å². The largest absolute Gasteiger partial charge is 0.457 e. The molecule has 0 amide bonds. The van der Waals surface area contributed by atoms with Gasteiger partial charge in [-0.1, -0.05) is 117 Å². The van der Waals surface area contributed by atoms with Gasteiger partial charge in [-0.25, -0.2) is 14.4 Å². The zero-order chi connectivity index (χ0) is 35.0. The zero-order valence-electron chi connectivity index (χ0n) is 29.6. The summed E-state index contributed by atoms with van der Waals surface area (Å²) >= 11 is 0. The Hall–Kier alpha value is -2.78. The molecule has 0 aliphatic carbocycles. The third-order valence-corrected chi connectivity index (χ3v) is 6.83. The summed E-state index contributed by atoms with van der Waals surface area (Å²) in [6, 6.07) is 0. The molecule has 3 unspecified atom stereocenters. The van der Waals surface area contributed by atoms with Crippen LogP contribution in [0.5, 0.6) is 0 Å². The molecule has 0 fully saturated rings. The topological polar surface area (TPSA) is 114 Å². The molecule has 3 atom stereocenters. The minimum absolute atomic E-state index is 0.169. The fraction of sp³-hybridized carbons (Fsp3) is 0.730. The summed E-state index contributed by atoms with van der Waals surface area (Å²) < 4.78 is 25.4. The highest BCUT2D eigenvalue weighted by Gasteiger charge is 2.12. The summed E-state index contributed by atoms with van der Waals surface area (Å²) in [5.41, 5.74) is 0.268. The minimum atomic E-state index is -0.606. The van der Waals surface area contributed by atoms with Crippen molar-refractivity contribution >= 4 is 23.9 Å². The van der Waals surface area contributed by atoms with Crippen LogP contribution >= 0.6 is 0 Å². The van der Waals surface area contributed by atoms with Crippen LogP contribution in [0.1, 0.15) is 137 Å². The molecule has 266 valence electrons. The van der Waals surface area contributed by atoms with Gasteiger partial charge in [0.2, 0.25) is 0 Å². The molecule has 9 heteroatoms. The molecule has 0 heterocycles. The van der Waals surface area contributed by atoms with Gasteiger partial charge in [-0.2, -0.15) is 0 Å². The van der Waals surface area contributed by atoms with E-state index in [2.05, 4.69) is 31.4 Å². The van der Waals surface area contributed by atoms with Gasteiger partial charge in [-0.3, -0.25) is 4.79 Å². The van der Waals surface area contributed by atoms with Gasteiger partial charge in [0.25, 0.3) is 0 Å². The Morgan fingerprint density at radius 2 is 1.00 bits per heavy atom. The first-order valence-corrected chi connectivity index (χ1v) is 17.2. The highest BCUT2D eigenvalue weighted by atomic mass is 16.6. The van der Waals surface area contributed by atoms with Crippen molar-refractivity contribution < 1.29 is 42.9 Å². The summed E-state index contributed by atoms with van der Waals surface area (Å²) in [5, 5.41) is 0. The van der Waals surface area contributed by atoms with E-state index in [0.717, 1.165) is 25.0 Å². The molecule has 46 heavy (non-hydrogen) atoms. The Labute approximate surface area is 279 Å². The Morgan fingerprint density at radius 3 is 1.41 bits per heavy atom. The fourth-order valence-corrected chi connectivity index (χ4v) is 4.19. The smallest absolute Gasteiger partial charge is 0.340 e. The Kier molecular flexibility index (Phi) is 31.7. The lowest BCUT2D eigenvalue weighted by atomic mass is 10.0. The molecule has 0 aromatic heterocycles. The Morgan fingerprint density at radius 1 is 0.609 bits per heavy atom. The first-order valence-electron chi connectivity index (χ1n) is 17.2. The van der Waals surface area contributed by atoms with E-state index in [1.54, 1.807) is 20.8 Å². The fourth-order valence-electron chi connectivity index (χ4n) is 4.19. The van der Waals surface area contributed by atoms with Crippen molar-refractivity contribution in [3.8, 4) is 0 Å². The van der Waals surface area contributed by atoms with Gasteiger partial charge in [0.15, 0.2) is 0 Å². The van der Waals surface area contributed by atoms with Gasteiger partial charge in [0.1, 0.15) is 12.2 Å². The second kappa shape index (κ2) is 32.2. The molecule has 0 N–H and O–H groups in total.